The Balaban J connectivity index is 1.58. The molecule has 1 fully saturated rings. The monoisotopic (exact) mass is 357 g/mol. The molecule has 1 N–H and O–H groups in total. The number of hydrogen-bond acceptors (Lipinski definition) is 5. The number of rotatable bonds is 5. The standard InChI is InChI=1S/C19H24FN5O/c1-24(2)17-11-18(22-13-21-17)25-9-3-4-16(12-25)23-19(26)10-14-5-7-15(20)8-6-14/h5-8,11,13,16H,3-4,9-10,12H2,1-2H3,(H,23,26)/t16-/m0/s1. The van der Waals surface area contributed by atoms with Crippen molar-refractivity contribution in [3.63, 3.8) is 0 Å². The van der Waals surface area contributed by atoms with Gasteiger partial charge in [-0.25, -0.2) is 14.4 Å². The smallest absolute Gasteiger partial charge is 0.224 e. The lowest BCUT2D eigenvalue weighted by molar-refractivity contribution is -0.121. The van der Waals surface area contributed by atoms with E-state index in [-0.39, 0.29) is 24.2 Å². The van der Waals surface area contributed by atoms with Crippen LogP contribution >= 0.6 is 0 Å². The molecule has 1 atom stereocenters. The van der Waals surface area contributed by atoms with Crippen LogP contribution in [0.1, 0.15) is 18.4 Å². The third-order valence-electron chi connectivity index (χ3n) is 4.48. The molecular formula is C19H24FN5O. The molecule has 1 aromatic heterocycles. The van der Waals surface area contributed by atoms with Crippen LogP contribution in [0.15, 0.2) is 36.7 Å². The number of aromatic nitrogens is 2. The Kier molecular flexibility index (Phi) is 5.65. The van der Waals surface area contributed by atoms with E-state index >= 15 is 0 Å². The fourth-order valence-electron chi connectivity index (χ4n) is 3.12. The lowest BCUT2D eigenvalue weighted by atomic mass is 10.0. The van der Waals surface area contributed by atoms with E-state index in [0.717, 1.165) is 43.1 Å². The summed E-state index contributed by atoms with van der Waals surface area (Å²) in [7, 11) is 3.89. The minimum Gasteiger partial charge on any atom is -0.363 e. The molecule has 0 spiro atoms. The minimum absolute atomic E-state index is 0.0415. The molecule has 26 heavy (non-hydrogen) atoms. The predicted molar refractivity (Wildman–Crippen MR) is 99.8 cm³/mol. The van der Waals surface area contributed by atoms with Crippen LogP contribution < -0.4 is 15.1 Å². The summed E-state index contributed by atoms with van der Waals surface area (Å²) in [6.45, 7) is 1.63. The molecule has 7 heteroatoms. The van der Waals surface area contributed by atoms with E-state index in [4.69, 9.17) is 0 Å². The third kappa shape index (κ3) is 4.68. The van der Waals surface area contributed by atoms with Gasteiger partial charge in [0, 0.05) is 39.3 Å². The van der Waals surface area contributed by atoms with E-state index in [1.54, 1.807) is 18.5 Å². The van der Waals surface area contributed by atoms with Crippen LogP contribution in [0.2, 0.25) is 0 Å². The molecule has 1 aliphatic heterocycles. The number of anilines is 2. The number of halogens is 1. The van der Waals surface area contributed by atoms with Crippen LogP contribution in [0.25, 0.3) is 0 Å². The van der Waals surface area contributed by atoms with Crippen molar-refractivity contribution in [2.45, 2.75) is 25.3 Å². The summed E-state index contributed by atoms with van der Waals surface area (Å²) in [6.07, 6.45) is 3.76. The predicted octanol–water partition coefficient (Wildman–Crippen LogP) is 2.01. The average molecular weight is 357 g/mol. The van der Waals surface area contributed by atoms with Gasteiger partial charge < -0.3 is 15.1 Å². The van der Waals surface area contributed by atoms with E-state index in [1.807, 2.05) is 25.1 Å². The van der Waals surface area contributed by atoms with E-state index in [0.29, 0.717) is 0 Å². The van der Waals surface area contributed by atoms with Crippen LogP contribution in [0, 0.1) is 5.82 Å². The van der Waals surface area contributed by atoms with Crippen molar-refractivity contribution in [1.29, 1.82) is 0 Å². The second kappa shape index (κ2) is 8.12. The van der Waals surface area contributed by atoms with Crippen molar-refractivity contribution < 1.29 is 9.18 Å². The quantitative estimate of drug-likeness (QED) is 0.887. The molecule has 3 rings (SSSR count). The van der Waals surface area contributed by atoms with Crippen molar-refractivity contribution >= 4 is 17.5 Å². The molecule has 1 aliphatic rings. The molecule has 2 aromatic rings. The van der Waals surface area contributed by atoms with Gasteiger partial charge in [0.15, 0.2) is 0 Å². The molecular weight excluding hydrogens is 333 g/mol. The number of benzene rings is 1. The highest BCUT2D eigenvalue weighted by atomic mass is 19.1. The summed E-state index contributed by atoms with van der Waals surface area (Å²) in [6, 6.07) is 8.08. The summed E-state index contributed by atoms with van der Waals surface area (Å²) in [5.74, 6) is 1.40. The number of hydrogen-bond donors (Lipinski definition) is 1. The average Bonchev–Trinajstić information content (AvgIpc) is 2.64. The van der Waals surface area contributed by atoms with Gasteiger partial charge in [0.25, 0.3) is 0 Å². The molecule has 1 saturated heterocycles. The van der Waals surface area contributed by atoms with E-state index in [2.05, 4.69) is 20.2 Å². The Labute approximate surface area is 153 Å². The molecule has 0 aliphatic carbocycles. The number of carbonyl (C=O) groups excluding carboxylic acids is 1. The summed E-state index contributed by atoms with van der Waals surface area (Å²) >= 11 is 0. The van der Waals surface area contributed by atoms with Crippen LogP contribution in [-0.2, 0) is 11.2 Å². The van der Waals surface area contributed by atoms with Gasteiger partial charge in [-0.3, -0.25) is 4.79 Å². The Hall–Kier alpha value is -2.70. The SMILES string of the molecule is CN(C)c1cc(N2CCC[C@H](NC(=O)Cc3ccc(F)cc3)C2)ncn1. The lowest BCUT2D eigenvalue weighted by Gasteiger charge is -2.34. The van der Waals surface area contributed by atoms with Gasteiger partial charge in [0.1, 0.15) is 23.8 Å². The summed E-state index contributed by atoms with van der Waals surface area (Å²) in [5.41, 5.74) is 0.808. The highest BCUT2D eigenvalue weighted by molar-refractivity contribution is 5.79. The normalized spacial score (nSPS) is 17.0. The molecule has 0 radical (unpaired) electrons. The number of nitrogens with zero attached hydrogens (tertiary/aromatic N) is 4. The number of carbonyl (C=O) groups is 1. The zero-order chi connectivity index (χ0) is 18.5. The Morgan fingerprint density at radius 2 is 2.08 bits per heavy atom. The highest BCUT2D eigenvalue weighted by Crippen LogP contribution is 2.20. The molecule has 6 nitrogen and oxygen atoms in total. The van der Waals surface area contributed by atoms with Gasteiger partial charge in [-0.2, -0.15) is 0 Å². The van der Waals surface area contributed by atoms with Gasteiger partial charge in [-0.1, -0.05) is 12.1 Å². The zero-order valence-electron chi connectivity index (χ0n) is 15.2. The molecule has 1 aromatic carbocycles. The Morgan fingerprint density at radius 1 is 1.31 bits per heavy atom. The van der Waals surface area contributed by atoms with Crippen molar-refractivity contribution in [2.24, 2.45) is 0 Å². The van der Waals surface area contributed by atoms with E-state index in [9.17, 15) is 9.18 Å². The van der Waals surface area contributed by atoms with Gasteiger partial charge in [0.05, 0.1) is 6.42 Å². The van der Waals surface area contributed by atoms with Gasteiger partial charge in [-0.05, 0) is 30.5 Å². The van der Waals surface area contributed by atoms with Crippen LogP contribution in [0.3, 0.4) is 0 Å². The largest absolute Gasteiger partial charge is 0.363 e. The van der Waals surface area contributed by atoms with Crippen molar-refractivity contribution in [3.8, 4) is 0 Å². The maximum atomic E-state index is 13.0. The maximum Gasteiger partial charge on any atom is 0.224 e. The third-order valence-corrected chi connectivity index (χ3v) is 4.48. The number of amides is 1. The molecule has 2 heterocycles. The maximum absolute atomic E-state index is 13.0. The second-order valence-electron chi connectivity index (χ2n) is 6.78. The number of piperidine rings is 1. The summed E-state index contributed by atoms with van der Waals surface area (Å²) < 4.78 is 13.0. The van der Waals surface area contributed by atoms with Crippen LogP contribution in [-0.4, -0.2) is 49.1 Å². The van der Waals surface area contributed by atoms with E-state index < -0.39 is 0 Å². The number of nitrogens with one attached hydrogen (secondary N) is 1. The molecule has 0 bridgehead atoms. The fourth-order valence-corrected chi connectivity index (χ4v) is 3.12. The summed E-state index contributed by atoms with van der Waals surface area (Å²) in [5, 5.41) is 3.09. The topological polar surface area (TPSA) is 61.4 Å². The van der Waals surface area contributed by atoms with Crippen molar-refractivity contribution in [3.05, 3.63) is 48.0 Å². The van der Waals surface area contributed by atoms with Crippen LogP contribution in [0.4, 0.5) is 16.0 Å². The molecule has 1 amide bonds. The van der Waals surface area contributed by atoms with Crippen molar-refractivity contribution in [1.82, 2.24) is 15.3 Å². The minimum atomic E-state index is -0.293. The highest BCUT2D eigenvalue weighted by Gasteiger charge is 2.22. The molecule has 0 saturated carbocycles. The molecule has 138 valence electrons. The van der Waals surface area contributed by atoms with Crippen LogP contribution in [0.5, 0.6) is 0 Å². The van der Waals surface area contributed by atoms with E-state index in [1.165, 1.54) is 12.1 Å². The first-order valence-electron chi connectivity index (χ1n) is 8.79. The first kappa shape index (κ1) is 18.1. The second-order valence-corrected chi connectivity index (χ2v) is 6.78. The fraction of sp³-hybridized carbons (Fsp3) is 0.421. The van der Waals surface area contributed by atoms with Gasteiger partial charge in [0.2, 0.25) is 5.91 Å². The van der Waals surface area contributed by atoms with Crippen molar-refractivity contribution in [2.75, 3.05) is 37.0 Å². The first-order valence-corrected chi connectivity index (χ1v) is 8.79. The van der Waals surface area contributed by atoms with Gasteiger partial charge >= 0.3 is 0 Å². The Bertz CT molecular complexity index is 750. The van der Waals surface area contributed by atoms with Gasteiger partial charge in [-0.15, -0.1) is 0 Å². The Morgan fingerprint density at radius 3 is 2.81 bits per heavy atom. The zero-order valence-corrected chi connectivity index (χ0v) is 15.2. The first-order chi connectivity index (χ1) is 12.5. The summed E-state index contributed by atoms with van der Waals surface area (Å²) in [4.78, 5) is 25.0. The lowest BCUT2D eigenvalue weighted by Crippen LogP contribution is -2.48. The molecule has 0 unspecified atom stereocenters.